The third kappa shape index (κ3) is 2.76. The number of ether oxygens (including phenoxy) is 2. The van der Waals surface area contributed by atoms with Crippen LogP contribution < -0.4 is 11.1 Å². The molecule has 1 aromatic carbocycles. The highest BCUT2D eigenvalue weighted by atomic mass is 16.5. The van der Waals surface area contributed by atoms with E-state index >= 15 is 0 Å². The van der Waals surface area contributed by atoms with Crippen LogP contribution in [0.4, 0.5) is 10.5 Å². The summed E-state index contributed by atoms with van der Waals surface area (Å²) in [6.45, 7) is 0. The van der Waals surface area contributed by atoms with Crippen LogP contribution in [0.2, 0.25) is 0 Å². The normalized spacial score (nSPS) is 9.44. The molecule has 2 amide bonds. The lowest BCUT2D eigenvalue weighted by atomic mass is 10.1. The zero-order valence-electron chi connectivity index (χ0n) is 9.85. The van der Waals surface area contributed by atoms with Gasteiger partial charge < -0.3 is 20.5 Å². The lowest BCUT2D eigenvalue weighted by molar-refractivity contribution is 0.0601. The molecule has 0 atom stereocenters. The molecule has 0 unspecified atom stereocenters. The average Bonchev–Trinajstić information content (AvgIpc) is 2.36. The number of para-hydroxylation sites is 1. The van der Waals surface area contributed by atoms with Crippen LogP contribution in [0.25, 0.3) is 0 Å². The zero-order chi connectivity index (χ0) is 13.7. The van der Waals surface area contributed by atoms with Crippen LogP contribution >= 0.6 is 0 Å². The molecular formula is C11H12N2O5. The van der Waals surface area contributed by atoms with Crippen LogP contribution in [-0.2, 0) is 9.47 Å². The van der Waals surface area contributed by atoms with Crippen molar-refractivity contribution in [2.45, 2.75) is 0 Å². The minimum Gasteiger partial charge on any atom is -0.465 e. The van der Waals surface area contributed by atoms with Crippen LogP contribution in [-0.4, -0.2) is 32.2 Å². The van der Waals surface area contributed by atoms with E-state index in [1.807, 2.05) is 0 Å². The number of amides is 2. The van der Waals surface area contributed by atoms with Gasteiger partial charge in [0.2, 0.25) is 0 Å². The highest BCUT2D eigenvalue weighted by molar-refractivity contribution is 6.08. The van der Waals surface area contributed by atoms with Gasteiger partial charge in [0.25, 0.3) is 0 Å². The largest absolute Gasteiger partial charge is 0.465 e. The monoisotopic (exact) mass is 252 g/mol. The molecule has 0 heterocycles. The summed E-state index contributed by atoms with van der Waals surface area (Å²) >= 11 is 0. The maximum Gasteiger partial charge on any atom is 0.340 e. The van der Waals surface area contributed by atoms with E-state index in [1.54, 1.807) is 0 Å². The third-order valence-corrected chi connectivity index (χ3v) is 2.12. The predicted molar refractivity (Wildman–Crippen MR) is 62.3 cm³/mol. The van der Waals surface area contributed by atoms with Crippen molar-refractivity contribution >= 4 is 23.7 Å². The number of nitrogens with two attached hydrogens (primary N) is 1. The summed E-state index contributed by atoms with van der Waals surface area (Å²) in [5.41, 5.74) is 4.98. The molecule has 1 aromatic rings. The molecule has 0 aromatic heterocycles. The highest BCUT2D eigenvalue weighted by Gasteiger charge is 2.20. The first-order valence-corrected chi connectivity index (χ1v) is 4.87. The Hall–Kier alpha value is -2.57. The van der Waals surface area contributed by atoms with E-state index in [0.717, 1.165) is 0 Å². The number of hydrogen-bond acceptors (Lipinski definition) is 5. The number of carbonyl (C=O) groups is 3. The molecule has 0 saturated heterocycles. The zero-order valence-corrected chi connectivity index (χ0v) is 9.85. The van der Waals surface area contributed by atoms with Gasteiger partial charge in [-0.1, -0.05) is 6.07 Å². The Balaban J connectivity index is 3.38. The van der Waals surface area contributed by atoms with Gasteiger partial charge in [-0.15, -0.1) is 0 Å². The van der Waals surface area contributed by atoms with Gasteiger partial charge >= 0.3 is 18.0 Å². The number of methoxy groups -OCH3 is 2. The van der Waals surface area contributed by atoms with Crippen molar-refractivity contribution in [3.63, 3.8) is 0 Å². The van der Waals surface area contributed by atoms with Crippen molar-refractivity contribution in [1.29, 1.82) is 0 Å². The van der Waals surface area contributed by atoms with Crippen molar-refractivity contribution in [3.8, 4) is 0 Å². The maximum atomic E-state index is 11.5. The van der Waals surface area contributed by atoms with Gasteiger partial charge in [0, 0.05) is 0 Å². The molecule has 0 bridgehead atoms. The summed E-state index contributed by atoms with van der Waals surface area (Å²) in [4.78, 5) is 33.9. The molecular weight excluding hydrogens is 240 g/mol. The number of rotatable bonds is 3. The average molecular weight is 252 g/mol. The van der Waals surface area contributed by atoms with Gasteiger partial charge in [0.05, 0.1) is 31.0 Å². The quantitative estimate of drug-likeness (QED) is 0.772. The molecule has 0 aliphatic heterocycles. The Morgan fingerprint density at radius 2 is 1.50 bits per heavy atom. The fourth-order valence-electron chi connectivity index (χ4n) is 1.37. The molecule has 3 N–H and O–H groups in total. The van der Waals surface area contributed by atoms with Gasteiger partial charge in [-0.3, -0.25) is 0 Å². The smallest absolute Gasteiger partial charge is 0.340 e. The first kappa shape index (κ1) is 13.5. The first-order valence-electron chi connectivity index (χ1n) is 4.87. The van der Waals surface area contributed by atoms with Gasteiger partial charge in [-0.05, 0) is 12.1 Å². The fraction of sp³-hybridized carbons (Fsp3) is 0.182. The predicted octanol–water partition coefficient (Wildman–Crippen LogP) is 0.750. The van der Waals surface area contributed by atoms with E-state index < -0.39 is 18.0 Å². The SMILES string of the molecule is COC(=O)c1cccc(C(=O)OC)c1NC(N)=O. The molecule has 0 radical (unpaired) electrons. The summed E-state index contributed by atoms with van der Waals surface area (Å²) in [5, 5.41) is 2.21. The summed E-state index contributed by atoms with van der Waals surface area (Å²) in [5.74, 6) is -1.41. The van der Waals surface area contributed by atoms with Gasteiger partial charge in [-0.2, -0.15) is 0 Å². The van der Waals surface area contributed by atoms with Crippen LogP contribution in [0, 0.1) is 0 Å². The first-order chi connectivity index (χ1) is 8.51. The molecule has 0 aliphatic carbocycles. The minimum absolute atomic E-state index is 0.0131. The number of carbonyl (C=O) groups excluding carboxylic acids is 3. The van der Waals surface area contributed by atoms with Crippen LogP contribution in [0.15, 0.2) is 18.2 Å². The molecule has 7 heteroatoms. The number of primary amides is 1. The molecule has 18 heavy (non-hydrogen) atoms. The van der Waals surface area contributed by atoms with E-state index in [2.05, 4.69) is 14.8 Å². The van der Waals surface area contributed by atoms with Gasteiger partial charge in [0.1, 0.15) is 0 Å². The van der Waals surface area contributed by atoms with Crippen LogP contribution in [0.3, 0.4) is 0 Å². The fourth-order valence-corrected chi connectivity index (χ4v) is 1.37. The number of nitrogens with one attached hydrogen (secondary N) is 1. The van der Waals surface area contributed by atoms with Crippen molar-refractivity contribution in [2.75, 3.05) is 19.5 Å². The van der Waals surface area contributed by atoms with Crippen molar-refractivity contribution in [1.82, 2.24) is 0 Å². The van der Waals surface area contributed by atoms with Crippen molar-refractivity contribution in [3.05, 3.63) is 29.3 Å². The van der Waals surface area contributed by atoms with E-state index in [-0.39, 0.29) is 16.8 Å². The summed E-state index contributed by atoms with van der Waals surface area (Å²) in [6.07, 6.45) is 0. The maximum absolute atomic E-state index is 11.5. The van der Waals surface area contributed by atoms with Crippen LogP contribution in [0.1, 0.15) is 20.7 Å². The Bertz CT molecular complexity index is 464. The third-order valence-electron chi connectivity index (χ3n) is 2.12. The summed E-state index contributed by atoms with van der Waals surface area (Å²) in [6, 6.07) is 3.34. The van der Waals surface area contributed by atoms with E-state index in [1.165, 1.54) is 32.4 Å². The minimum atomic E-state index is -0.906. The second kappa shape index (κ2) is 5.67. The van der Waals surface area contributed by atoms with Crippen LogP contribution in [0.5, 0.6) is 0 Å². The van der Waals surface area contributed by atoms with Crippen molar-refractivity contribution in [2.24, 2.45) is 5.73 Å². The number of urea groups is 1. The van der Waals surface area contributed by atoms with Gasteiger partial charge in [-0.25, -0.2) is 14.4 Å². The molecule has 0 spiro atoms. The summed E-state index contributed by atoms with van der Waals surface area (Å²) in [7, 11) is 2.36. The number of benzene rings is 1. The number of anilines is 1. The second-order valence-electron chi connectivity index (χ2n) is 3.20. The van der Waals surface area contributed by atoms with Crippen molar-refractivity contribution < 1.29 is 23.9 Å². The Kier molecular flexibility index (Phi) is 4.25. The van der Waals surface area contributed by atoms with E-state index in [0.29, 0.717) is 0 Å². The summed E-state index contributed by atoms with van der Waals surface area (Å²) < 4.78 is 9.09. The molecule has 96 valence electrons. The molecule has 0 saturated carbocycles. The highest BCUT2D eigenvalue weighted by Crippen LogP contribution is 2.22. The van der Waals surface area contributed by atoms with E-state index in [4.69, 9.17) is 5.73 Å². The topological polar surface area (TPSA) is 108 Å². The molecule has 1 rings (SSSR count). The molecule has 0 aliphatic rings. The molecule has 0 fully saturated rings. The second-order valence-corrected chi connectivity index (χ2v) is 3.20. The number of hydrogen-bond donors (Lipinski definition) is 2. The lowest BCUT2D eigenvalue weighted by Gasteiger charge is -2.11. The lowest BCUT2D eigenvalue weighted by Crippen LogP contribution is -2.23. The Morgan fingerprint density at radius 1 is 1.06 bits per heavy atom. The van der Waals surface area contributed by atoms with Gasteiger partial charge in [0.15, 0.2) is 0 Å². The molecule has 7 nitrogen and oxygen atoms in total. The van der Waals surface area contributed by atoms with E-state index in [9.17, 15) is 14.4 Å². The Morgan fingerprint density at radius 3 is 1.83 bits per heavy atom. The number of esters is 2. The standard InChI is InChI=1S/C11H12N2O5/c1-17-9(14)6-4-3-5-7(10(15)18-2)8(6)13-11(12)16/h3-5H,1-2H3,(H3,12,13,16). The Labute approximate surface area is 103 Å².